The summed E-state index contributed by atoms with van der Waals surface area (Å²) in [5.41, 5.74) is 0.962. The van der Waals surface area contributed by atoms with E-state index in [0.717, 1.165) is 25.1 Å². The monoisotopic (exact) mass is 266 g/mol. The molecule has 2 unspecified atom stereocenters. The Morgan fingerprint density at radius 1 is 1.47 bits per heavy atom. The summed E-state index contributed by atoms with van der Waals surface area (Å²) >= 11 is 0. The molecule has 2 atom stereocenters. The predicted molar refractivity (Wildman–Crippen MR) is 74.9 cm³/mol. The summed E-state index contributed by atoms with van der Waals surface area (Å²) in [6.07, 6.45) is 1.15. The number of piperidine rings is 1. The summed E-state index contributed by atoms with van der Waals surface area (Å²) in [7, 11) is 3.64. The van der Waals surface area contributed by atoms with E-state index in [9.17, 15) is 4.39 Å². The topological polar surface area (TPSA) is 24.5 Å². The number of methoxy groups -OCH3 is 1. The van der Waals surface area contributed by atoms with Gasteiger partial charge in [-0.15, -0.1) is 0 Å². The molecule has 1 aromatic carbocycles. The van der Waals surface area contributed by atoms with Gasteiger partial charge in [0.05, 0.1) is 7.11 Å². The third-order valence-electron chi connectivity index (χ3n) is 3.89. The van der Waals surface area contributed by atoms with E-state index in [4.69, 9.17) is 4.74 Å². The minimum Gasteiger partial charge on any atom is -0.494 e. The molecule has 1 aliphatic rings. The summed E-state index contributed by atoms with van der Waals surface area (Å²) in [5, 5.41) is 3.54. The Balaban J connectivity index is 1.90. The van der Waals surface area contributed by atoms with Crippen LogP contribution in [0.15, 0.2) is 18.2 Å². The van der Waals surface area contributed by atoms with Crippen molar-refractivity contribution in [3.05, 3.63) is 29.6 Å². The van der Waals surface area contributed by atoms with E-state index in [2.05, 4.69) is 24.2 Å². The fourth-order valence-corrected chi connectivity index (χ4v) is 2.73. The first-order valence-corrected chi connectivity index (χ1v) is 6.84. The molecular weight excluding hydrogens is 243 g/mol. The zero-order chi connectivity index (χ0) is 13.8. The van der Waals surface area contributed by atoms with Crippen LogP contribution in [0.25, 0.3) is 0 Å². The number of hydrogen-bond acceptors (Lipinski definition) is 3. The van der Waals surface area contributed by atoms with Crippen molar-refractivity contribution in [2.24, 2.45) is 5.92 Å². The molecule has 0 radical (unpaired) electrons. The third kappa shape index (κ3) is 3.67. The highest BCUT2D eigenvalue weighted by molar-refractivity contribution is 5.29. The predicted octanol–water partition coefficient (Wildman–Crippen LogP) is 2.26. The van der Waals surface area contributed by atoms with Crippen molar-refractivity contribution >= 4 is 0 Å². The van der Waals surface area contributed by atoms with Gasteiger partial charge in [0.1, 0.15) is 0 Å². The molecule has 0 bridgehead atoms. The quantitative estimate of drug-likeness (QED) is 0.904. The van der Waals surface area contributed by atoms with Gasteiger partial charge in [0.2, 0.25) is 0 Å². The third-order valence-corrected chi connectivity index (χ3v) is 3.89. The fraction of sp³-hybridized carbons (Fsp3) is 0.600. The van der Waals surface area contributed by atoms with E-state index in [1.807, 2.05) is 6.07 Å². The molecule has 1 fully saturated rings. The first-order chi connectivity index (χ1) is 9.10. The Labute approximate surface area is 114 Å². The van der Waals surface area contributed by atoms with Crippen LogP contribution in [0.4, 0.5) is 4.39 Å². The molecule has 0 spiro atoms. The molecule has 4 heteroatoms. The van der Waals surface area contributed by atoms with Crippen molar-refractivity contribution < 1.29 is 9.13 Å². The first-order valence-electron chi connectivity index (χ1n) is 6.84. The van der Waals surface area contributed by atoms with Crippen LogP contribution in [0.3, 0.4) is 0 Å². The van der Waals surface area contributed by atoms with Crippen molar-refractivity contribution in [3.8, 4) is 5.75 Å². The van der Waals surface area contributed by atoms with Crippen LogP contribution in [-0.4, -0.2) is 38.2 Å². The Morgan fingerprint density at radius 2 is 2.26 bits per heavy atom. The summed E-state index contributed by atoms with van der Waals surface area (Å²) < 4.78 is 18.5. The van der Waals surface area contributed by atoms with Gasteiger partial charge in [0.25, 0.3) is 0 Å². The molecule has 1 saturated heterocycles. The van der Waals surface area contributed by atoms with Crippen molar-refractivity contribution in [2.75, 3.05) is 27.2 Å². The van der Waals surface area contributed by atoms with Crippen LogP contribution in [-0.2, 0) is 6.54 Å². The summed E-state index contributed by atoms with van der Waals surface area (Å²) in [6, 6.07) is 5.66. The van der Waals surface area contributed by atoms with E-state index >= 15 is 0 Å². The lowest BCUT2D eigenvalue weighted by Crippen LogP contribution is -2.46. The van der Waals surface area contributed by atoms with Gasteiger partial charge in [-0.1, -0.05) is 13.0 Å². The number of nitrogens with zero attached hydrogens (tertiary/aromatic N) is 1. The van der Waals surface area contributed by atoms with Gasteiger partial charge in [-0.2, -0.15) is 0 Å². The number of likely N-dealkylation sites (tertiary alicyclic amines) is 1. The highest BCUT2D eigenvalue weighted by Gasteiger charge is 2.23. The smallest absolute Gasteiger partial charge is 0.165 e. The maximum Gasteiger partial charge on any atom is 0.165 e. The van der Waals surface area contributed by atoms with Crippen molar-refractivity contribution in [2.45, 2.75) is 25.9 Å². The van der Waals surface area contributed by atoms with Crippen LogP contribution >= 0.6 is 0 Å². The van der Waals surface area contributed by atoms with E-state index in [0.29, 0.717) is 24.3 Å². The lowest BCUT2D eigenvalue weighted by molar-refractivity contribution is 0.174. The zero-order valence-corrected chi connectivity index (χ0v) is 11.9. The fourth-order valence-electron chi connectivity index (χ4n) is 2.73. The van der Waals surface area contributed by atoms with Gasteiger partial charge in [-0.05, 0) is 43.6 Å². The molecule has 1 aromatic rings. The summed E-state index contributed by atoms with van der Waals surface area (Å²) in [4.78, 5) is 2.36. The minimum atomic E-state index is -0.293. The Hall–Kier alpha value is -1.13. The van der Waals surface area contributed by atoms with E-state index in [1.54, 1.807) is 12.1 Å². The molecule has 0 amide bonds. The van der Waals surface area contributed by atoms with E-state index in [-0.39, 0.29) is 5.82 Å². The molecular formula is C15H23FN2O. The van der Waals surface area contributed by atoms with Crippen molar-refractivity contribution in [1.29, 1.82) is 0 Å². The summed E-state index contributed by atoms with van der Waals surface area (Å²) in [6.45, 7) is 5.22. The van der Waals surface area contributed by atoms with Gasteiger partial charge >= 0.3 is 0 Å². The van der Waals surface area contributed by atoms with E-state index < -0.39 is 0 Å². The largest absolute Gasteiger partial charge is 0.494 e. The highest BCUT2D eigenvalue weighted by Crippen LogP contribution is 2.19. The Kier molecular flexibility index (Phi) is 4.77. The number of rotatable bonds is 4. The molecule has 1 N–H and O–H groups in total. The van der Waals surface area contributed by atoms with Gasteiger partial charge in [0.15, 0.2) is 11.6 Å². The van der Waals surface area contributed by atoms with Crippen LogP contribution in [0, 0.1) is 11.7 Å². The molecule has 3 nitrogen and oxygen atoms in total. The SMILES string of the molecule is COc1ccc(CNC2CCN(C)CC2C)cc1F. The van der Waals surface area contributed by atoms with Crippen molar-refractivity contribution in [1.82, 2.24) is 10.2 Å². The summed E-state index contributed by atoms with van der Waals surface area (Å²) in [5.74, 6) is 0.636. The second-order valence-electron chi connectivity index (χ2n) is 5.48. The van der Waals surface area contributed by atoms with Crippen molar-refractivity contribution in [3.63, 3.8) is 0 Å². The molecule has 19 heavy (non-hydrogen) atoms. The lowest BCUT2D eigenvalue weighted by Gasteiger charge is -2.35. The molecule has 106 valence electrons. The number of ether oxygens (including phenoxy) is 1. The van der Waals surface area contributed by atoms with Gasteiger partial charge < -0.3 is 15.0 Å². The Bertz CT molecular complexity index is 425. The van der Waals surface area contributed by atoms with Gasteiger partial charge in [-0.3, -0.25) is 0 Å². The number of nitrogens with one attached hydrogen (secondary N) is 1. The minimum absolute atomic E-state index is 0.293. The van der Waals surface area contributed by atoms with Crippen LogP contribution in [0.1, 0.15) is 18.9 Å². The number of hydrogen-bond donors (Lipinski definition) is 1. The second-order valence-corrected chi connectivity index (χ2v) is 5.48. The lowest BCUT2D eigenvalue weighted by atomic mass is 9.94. The first kappa shape index (κ1) is 14.3. The van der Waals surface area contributed by atoms with E-state index in [1.165, 1.54) is 7.11 Å². The molecule has 0 aliphatic carbocycles. The van der Waals surface area contributed by atoms with Crippen LogP contribution in [0.2, 0.25) is 0 Å². The highest BCUT2D eigenvalue weighted by atomic mass is 19.1. The number of benzene rings is 1. The maximum atomic E-state index is 13.6. The van der Waals surface area contributed by atoms with Gasteiger partial charge in [-0.25, -0.2) is 4.39 Å². The average Bonchev–Trinajstić information content (AvgIpc) is 2.38. The normalized spacial score (nSPS) is 24.4. The second kappa shape index (κ2) is 6.35. The molecule has 2 rings (SSSR count). The molecule has 1 aliphatic heterocycles. The Morgan fingerprint density at radius 3 is 2.89 bits per heavy atom. The standard InChI is InChI=1S/C15H23FN2O/c1-11-10-18(2)7-6-14(11)17-9-12-4-5-15(19-3)13(16)8-12/h4-5,8,11,14,17H,6-7,9-10H2,1-3H3. The molecule has 1 heterocycles. The number of halogens is 1. The van der Waals surface area contributed by atoms with Crippen LogP contribution < -0.4 is 10.1 Å². The maximum absolute atomic E-state index is 13.6. The molecule has 0 saturated carbocycles. The zero-order valence-electron chi connectivity index (χ0n) is 11.9. The van der Waals surface area contributed by atoms with Gasteiger partial charge in [0, 0.05) is 19.1 Å². The van der Waals surface area contributed by atoms with Crippen LogP contribution in [0.5, 0.6) is 5.75 Å². The average molecular weight is 266 g/mol. The molecule has 0 aromatic heterocycles.